The highest BCUT2D eigenvalue weighted by atomic mass is 19.1. The summed E-state index contributed by atoms with van der Waals surface area (Å²) in [5.74, 6) is 0.357. The van der Waals surface area contributed by atoms with Gasteiger partial charge >= 0.3 is 0 Å². The van der Waals surface area contributed by atoms with Gasteiger partial charge in [0.25, 0.3) is 0 Å². The van der Waals surface area contributed by atoms with Crippen molar-refractivity contribution in [3.8, 4) is 17.0 Å². The summed E-state index contributed by atoms with van der Waals surface area (Å²) in [6.07, 6.45) is 3.70. The van der Waals surface area contributed by atoms with Crippen LogP contribution >= 0.6 is 0 Å². The van der Waals surface area contributed by atoms with Gasteiger partial charge in [-0.05, 0) is 55.0 Å². The van der Waals surface area contributed by atoms with Crippen LogP contribution in [0.1, 0.15) is 18.5 Å². The molecule has 2 aromatic heterocycles. The van der Waals surface area contributed by atoms with E-state index in [0.29, 0.717) is 35.1 Å². The Morgan fingerprint density at radius 2 is 2.03 bits per heavy atom. The predicted molar refractivity (Wildman–Crippen MR) is 118 cm³/mol. The molecule has 0 saturated carbocycles. The second-order valence-electron chi connectivity index (χ2n) is 7.61. The second kappa shape index (κ2) is 8.30. The molecule has 0 bridgehead atoms. The Morgan fingerprint density at radius 3 is 2.78 bits per heavy atom. The van der Waals surface area contributed by atoms with Crippen LogP contribution < -0.4 is 15.4 Å². The molecule has 32 heavy (non-hydrogen) atoms. The average molecular weight is 433 g/mol. The zero-order valence-corrected chi connectivity index (χ0v) is 17.3. The number of hydrogen-bond acceptors (Lipinski definition) is 5. The third-order valence-corrected chi connectivity index (χ3v) is 5.32. The first-order chi connectivity index (χ1) is 15.5. The monoisotopic (exact) mass is 433 g/mol. The molecule has 6 nitrogen and oxygen atoms in total. The van der Waals surface area contributed by atoms with E-state index in [0.717, 1.165) is 17.8 Å². The van der Waals surface area contributed by atoms with Crippen LogP contribution in [-0.4, -0.2) is 27.7 Å². The highest BCUT2D eigenvalue weighted by Gasteiger charge is 2.13. The number of nitrogens with zero attached hydrogens (tertiary/aromatic N) is 3. The molecule has 162 valence electrons. The predicted octanol–water partition coefficient (Wildman–Crippen LogP) is 4.71. The molecule has 0 aliphatic carbocycles. The number of nitrogens with one attached hydrogen (secondary N) is 2. The highest BCUT2D eigenvalue weighted by Crippen LogP contribution is 2.27. The molecule has 0 spiro atoms. The number of hydrogen-bond donors (Lipinski definition) is 2. The fourth-order valence-corrected chi connectivity index (χ4v) is 3.48. The Morgan fingerprint density at radius 1 is 1.16 bits per heavy atom. The van der Waals surface area contributed by atoms with E-state index in [1.807, 2.05) is 19.1 Å². The first-order valence-electron chi connectivity index (χ1n) is 10.3. The molecule has 5 rings (SSSR count). The van der Waals surface area contributed by atoms with Crippen molar-refractivity contribution in [1.82, 2.24) is 19.9 Å². The fraction of sp³-hybridized carbons (Fsp3) is 0.167. The summed E-state index contributed by atoms with van der Waals surface area (Å²) in [4.78, 5) is 4.48. The van der Waals surface area contributed by atoms with Gasteiger partial charge in [-0.15, -0.1) is 5.10 Å². The summed E-state index contributed by atoms with van der Waals surface area (Å²) in [7, 11) is 0. The zero-order chi connectivity index (χ0) is 22.1. The van der Waals surface area contributed by atoms with Gasteiger partial charge < -0.3 is 15.4 Å². The number of anilines is 1. The van der Waals surface area contributed by atoms with Gasteiger partial charge in [0, 0.05) is 23.9 Å². The summed E-state index contributed by atoms with van der Waals surface area (Å²) in [6, 6.07) is 14.6. The highest BCUT2D eigenvalue weighted by molar-refractivity contribution is 5.64. The van der Waals surface area contributed by atoms with Crippen LogP contribution in [0.4, 0.5) is 14.6 Å². The van der Waals surface area contributed by atoms with E-state index in [1.165, 1.54) is 18.2 Å². The van der Waals surface area contributed by atoms with Crippen molar-refractivity contribution in [2.24, 2.45) is 0 Å². The van der Waals surface area contributed by atoms with Gasteiger partial charge in [0.2, 0.25) is 0 Å². The van der Waals surface area contributed by atoms with Crippen molar-refractivity contribution in [2.75, 3.05) is 18.5 Å². The number of ether oxygens (including phenoxy) is 1. The SMILES string of the molecule is C[C@@H](Nc1ccc2nc(-c3ccc(OCC4=CCN4)cc3F)cn2n1)c1cccc(F)c1. The van der Waals surface area contributed by atoms with Crippen LogP contribution in [0.2, 0.25) is 0 Å². The molecule has 0 unspecified atom stereocenters. The Labute approximate surface area is 183 Å². The summed E-state index contributed by atoms with van der Waals surface area (Å²) >= 11 is 0. The normalized spacial score (nSPS) is 13.8. The molecule has 1 aliphatic heterocycles. The maximum absolute atomic E-state index is 14.7. The maximum Gasteiger partial charge on any atom is 0.154 e. The summed E-state index contributed by atoms with van der Waals surface area (Å²) in [6.45, 7) is 3.16. The van der Waals surface area contributed by atoms with E-state index in [4.69, 9.17) is 4.74 Å². The van der Waals surface area contributed by atoms with Gasteiger partial charge in [-0.25, -0.2) is 18.3 Å². The first-order valence-corrected chi connectivity index (χ1v) is 10.3. The average Bonchev–Trinajstić information content (AvgIpc) is 3.15. The minimum atomic E-state index is -0.417. The van der Waals surface area contributed by atoms with Gasteiger partial charge in [0.05, 0.1) is 17.9 Å². The minimum absolute atomic E-state index is 0.144. The number of fused-ring (bicyclic) bond motifs is 1. The zero-order valence-electron chi connectivity index (χ0n) is 17.3. The van der Waals surface area contributed by atoms with Crippen LogP contribution in [-0.2, 0) is 0 Å². The molecule has 0 saturated heterocycles. The minimum Gasteiger partial charge on any atom is -0.487 e. The Hall–Kier alpha value is -3.94. The van der Waals surface area contributed by atoms with Crippen molar-refractivity contribution < 1.29 is 13.5 Å². The lowest BCUT2D eigenvalue weighted by molar-refractivity contribution is 0.335. The van der Waals surface area contributed by atoms with Crippen LogP contribution in [0.15, 0.2) is 72.6 Å². The molecular formula is C24H21F2N5O. The second-order valence-corrected chi connectivity index (χ2v) is 7.61. The van der Waals surface area contributed by atoms with E-state index in [2.05, 4.69) is 20.7 Å². The molecule has 1 atom stereocenters. The molecular weight excluding hydrogens is 412 g/mol. The van der Waals surface area contributed by atoms with Crippen molar-refractivity contribution >= 4 is 11.5 Å². The topological polar surface area (TPSA) is 63.5 Å². The number of imidazole rings is 1. The molecule has 0 fully saturated rings. The van der Waals surface area contributed by atoms with Gasteiger partial charge in [-0.1, -0.05) is 12.1 Å². The molecule has 1 aliphatic rings. The van der Waals surface area contributed by atoms with E-state index in [1.54, 1.807) is 41.0 Å². The van der Waals surface area contributed by atoms with E-state index < -0.39 is 5.82 Å². The van der Waals surface area contributed by atoms with Gasteiger partial charge in [-0.3, -0.25) is 0 Å². The van der Waals surface area contributed by atoms with Crippen molar-refractivity contribution in [2.45, 2.75) is 13.0 Å². The molecule has 4 aromatic rings. The van der Waals surface area contributed by atoms with Gasteiger partial charge in [0.15, 0.2) is 5.65 Å². The Kier molecular flexibility index (Phi) is 5.18. The Bertz CT molecular complexity index is 1320. The fourth-order valence-electron chi connectivity index (χ4n) is 3.48. The maximum atomic E-state index is 14.7. The largest absolute Gasteiger partial charge is 0.487 e. The third kappa shape index (κ3) is 4.12. The van der Waals surface area contributed by atoms with Crippen molar-refractivity contribution in [1.29, 1.82) is 0 Å². The third-order valence-electron chi connectivity index (χ3n) is 5.32. The van der Waals surface area contributed by atoms with Crippen LogP contribution in [0.5, 0.6) is 5.75 Å². The number of rotatable bonds is 7. The standard InChI is InChI=1S/C24H21F2N5O/c1-15(16-3-2-4-17(25)11-16)28-23-7-8-24-29-22(13-31(24)30-23)20-6-5-19(12-21(20)26)32-14-18-9-10-27-18/h2-9,11-13,15,27H,10,14H2,1H3,(H,28,30)/t15-/m1/s1. The molecule has 0 radical (unpaired) electrons. The smallest absolute Gasteiger partial charge is 0.154 e. The quantitative estimate of drug-likeness (QED) is 0.442. The molecule has 2 aromatic carbocycles. The molecule has 8 heteroatoms. The van der Waals surface area contributed by atoms with E-state index >= 15 is 0 Å². The number of benzene rings is 2. The summed E-state index contributed by atoms with van der Waals surface area (Å²) < 4.78 is 35.4. The summed E-state index contributed by atoms with van der Waals surface area (Å²) in [5.41, 5.74) is 3.24. The van der Waals surface area contributed by atoms with Gasteiger partial charge in [-0.2, -0.15) is 0 Å². The van der Waals surface area contributed by atoms with Crippen LogP contribution in [0.25, 0.3) is 16.9 Å². The lowest BCUT2D eigenvalue weighted by Gasteiger charge is -2.18. The van der Waals surface area contributed by atoms with Crippen molar-refractivity contribution in [3.05, 3.63) is 89.8 Å². The van der Waals surface area contributed by atoms with E-state index in [9.17, 15) is 8.78 Å². The first kappa shape index (κ1) is 20.0. The molecule has 0 amide bonds. The van der Waals surface area contributed by atoms with Crippen molar-refractivity contribution in [3.63, 3.8) is 0 Å². The molecule has 3 heterocycles. The summed E-state index contributed by atoms with van der Waals surface area (Å²) in [5, 5.41) is 10.9. The molecule has 2 N–H and O–H groups in total. The number of halogens is 2. The Balaban J connectivity index is 1.34. The van der Waals surface area contributed by atoms with Crippen LogP contribution in [0, 0.1) is 11.6 Å². The number of aromatic nitrogens is 3. The van der Waals surface area contributed by atoms with E-state index in [-0.39, 0.29) is 11.9 Å². The lowest BCUT2D eigenvalue weighted by atomic mass is 10.1. The lowest BCUT2D eigenvalue weighted by Crippen LogP contribution is -2.27. The van der Waals surface area contributed by atoms with Gasteiger partial charge in [0.1, 0.15) is 29.8 Å². The van der Waals surface area contributed by atoms with Crippen LogP contribution in [0.3, 0.4) is 0 Å².